The Bertz CT molecular complexity index is 945. The molecule has 0 radical (unpaired) electrons. The first-order valence-electron chi connectivity index (χ1n) is 7.97. The molecule has 0 saturated carbocycles. The van der Waals surface area contributed by atoms with Crippen LogP contribution in [0.2, 0.25) is 0 Å². The first kappa shape index (κ1) is 18.4. The Morgan fingerprint density at radius 2 is 1.81 bits per heavy atom. The molecule has 0 bridgehead atoms. The van der Waals surface area contributed by atoms with E-state index in [0.29, 0.717) is 22.8 Å². The number of hydrogen-bond donors (Lipinski definition) is 2. The van der Waals surface area contributed by atoms with Crippen LogP contribution in [0.15, 0.2) is 58.3 Å². The third-order valence-corrected chi connectivity index (χ3v) is 4.50. The minimum atomic E-state index is -0.814. The van der Waals surface area contributed by atoms with Crippen LogP contribution in [0, 0.1) is 0 Å². The minimum absolute atomic E-state index is 0.0961. The average molecular weight is 384 g/mol. The summed E-state index contributed by atoms with van der Waals surface area (Å²) in [5.41, 5.74) is 0.736. The molecule has 1 aromatic carbocycles. The maximum absolute atomic E-state index is 12.0. The Hall–Kier alpha value is -3.39. The lowest BCUT2D eigenvalue weighted by Gasteiger charge is -2.06. The lowest BCUT2D eigenvalue weighted by atomic mass is 10.2. The Labute approximate surface area is 159 Å². The van der Waals surface area contributed by atoms with Gasteiger partial charge in [0.25, 0.3) is 0 Å². The predicted molar refractivity (Wildman–Crippen MR) is 100 cm³/mol. The molecule has 0 aliphatic carbocycles. The molecule has 7 nitrogen and oxygen atoms in total. The van der Waals surface area contributed by atoms with Crippen molar-refractivity contribution in [2.45, 2.75) is 6.54 Å². The van der Waals surface area contributed by atoms with Crippen molar-refractivity contribution in [1.29, 1.82) is 0 Å². The van der Waals surface area contributed by atoms with Crippen molar-refractivity contribution >= 4 is 34.8 Å². The summed E-state index contributed by atoms with van der Waals surface area (Å²) in [6.45, 7) is 0.0961. The van der Waals surface area contributed by atoms with Gasteiger partial charge in [-0.3, -0.25) is 9.59 Å². The van der Waals surface area contributed by atoms with E-state index >= 15 is 0 Å². The van der Waals surface area contributed by atoms with Gasteiger partial charge in [-0.05, 0) is 47.8 Å². The minimum Gasteiger partial charge on any atom is -0.465 e. The quantitative estimate of drug-likeness (QED) is 0.520. The second-order valence-electron chi connectivity index (χ2n) is 5.45. The van der Waals surface area contributed by atoms with Gasteiger partial charge in [0.1, 0.15) is 11.5 Å². The van der Waals surface area contributed by atoms with Crippen LogP contribution in [0.4, 0.5) is 5.69 Å². The van der Waals surface area contributed by atoms with Gasteiger partial charge in [-0.2, -0.15) is 0 Å². The number of anilines is 1. The van der Waals surface area contributed by atoms with Crippen LogP contribution in [0.25, 0.3) is 10.6 Å². The zero-order valence-electron chi connectivity index (χ0n) is 14.4. The summed E-state index contributed by atoms with van der Waals surface area (Å²) >= 11 is 1.55. The van der Waals surface area contributed by atoms with Gasteiger partial charge in [0, 0.05) is 5.69 Å². The third-order valence-electron chi connectivity index (χ3n) is 3.62. The number of thiophene rings is 1. The molecule has 0 saturated heterocycles. The average Bonchev–Trinajstić information content (AvgIpc) is 3.37. The van der Waals surface area contributed by atoms with Crippen molar-refractivity contribution in [1.82, 2.24) is 5.32 Å². The molecule has 0 aliphatic heterocycles. The van der Waals surface area contributed by atoms with Gasteiger partial charge >= 0.3 is 17.8 Å². The first-order chi connectivity index (χ1) is 13.1. The lowest BCUT2D eigenvalue weighted by molar-refractivity contribution is -0.136. The summed E-state index contributed by atoms with van der Waals surface area (Å²) in [5.74, 6) is -0.829. The number of benzene rings is 1. The van der Waals surface area contributed by atoms with E-state index in [1.165, 1.54) is 31.4 Å². The summed E-state index contributed by atoms with van der Waals surface area (Å²) in [6.07, 6.45) is 0. The van der Waals surface area contributed by atoms with Crippen molar-refractivity contribution in [3.8, 4) is 10.6 Å². The molecule has 0 atom stereocenters. The molecule has 0 unspecified atom stereocenters. The van der Waals surface area contributed by atoms with Gasteiger partial charge in [0.05, 0.1) is 24.1 Å². The Balaban J connectivity index is 1.52. The summed E-state index contributed by atoms with van der Waals surface area (Å²) in [4.78, 5) is 36.3. The molecule has 3 aromatic rings. The van der Waals surface area contributed by atoms with E-state index in [0.717, 1.165) is 4.88 Å². The van der Waals surface area contributed by atoms with E-state index in [9.17, 15) is 14.4 Å². The second kappa shape index (κ2) is 8.33. The van der Waals surface area contributed by atoms with Crippen LogP contribution in [0.5, 0.6) is 0 Å². The molecule has 27 heavy (non-hydrogen) atoms. The molecule has 0 spiro atoms. The summed E-state index contributed by atoms with van der Waals surface area (Å²) < 4.78 is 10.2. The van der Waals surface area contributed by atoms with Gasteiger partial charge in [-0.15, -0.1) is 11.3 Å². The normalized spacial score (nSPS) is 10.3. The van der Waals surface area contributed by atoms with Crippen LogP contribution < -0.4 is 10.6 Å². The number of hydrogen-bond acceptors (Lipinski definition) is 6. The van der Waals surface area contributed by atoms with E-state index < -0.39 is 17.8 Å². The molecule has 138 valence electrons. The molecule has 8 heteroatoms. The van der Waals surface area contributed by atoms with E-state index in [1.54, 1.807) is 17.4 Å². The number of nitrogens with one attached hydrogen (secondary N) is 2. The molecule has 2 aromatic heterocycles. The van der Waals surface area contributed by atoms with Crippen molar-refractivity contribution < 1.29 is 23.5 Å². The third kappa shape index (κ3) is 4.62. The predicted octanol–water partition coefficient (Wildman–Crippen LogP) is 3.05. The molecular formula is C19H16N2O5S. The largest absolute Gasteiger partial charge is 0.465 e. The molecular weight excluding hydrogens is 368 g/mol. The Morgan fingerprint density at radius 1 is 1.04 bits per heavy atom. The summed E-state index contributed by atoms with van der Waals surface area (Å²) in [6, 6.07) is 13.4. The highest BCUT2D eigenvalue weighted by molar-refractivity contribution is 7.13. The molecule has 0 fully saturated rings. The summed E-state index contributed by atoms with van der Waals surface area (Å²) in [7, 11) is 1.28. The van der Waals surface area contributed by atoms with Crippen molar-refractivity contribution in [2.24, 2.45) is 0 Å². The van der Waals surface area contributed by atoms with Crippen LogP contribution >= 0.6 is 11.3 Å². The number of ether oxygens (including phenoxy) is 1. The molecule has 2 heterocycles. The molecule has 0 aliphatic rings. The highest BCUT2D eigenvalue weighted by atomic mass is 32.1. The number of carbonyl (C=O) groups excluding carboxylic acids is 3. The molecule has 2 amide bonds. The van der Waals surface area contributed by atoms with Gasteiger partial charge in [0.15, 0.2) is 0 Å². The summed E-state index contributed by atoms with van der Waals surface area (Å²) in [5, 5.41) is 6.90. The van der Waals surface area contributed by atoms with Crippen LogP contribution in [-0.2, 0) is 20.9 Å². The van der Waals surface area contributed by atoms with Crippen LogP contribution in [0.3, 0.4) is 0 Å². The highest BCUT2D eigenvalue weighted by Crippen LogP contribution is 2.26. The zero-order chi connectivity index (χ0) is 19.2. The van der Waals surface area contributed by atoms with E-state index in [2.05, 4.69) is 15.4 Å². The van der Waals surface area contributed by atoms with Crippen molar-refractivity contribution in [3.63, 3.8) is 0 Å². The van der Waals surface area contributed by atoms with Gasteiger partial charge in [-0.25, -0.2) is 4.79 Å². The fourth-order valence-electron chi connectivity index (χ4n) is 2.27. The van der Waals surface area contributed by atoms with Crippen molar-refractivity contribution in [2.75, 3.05) is 12.4 Å². The number of rotatable bonds is 5. The number of methoxy groups -OCH3 is 1. The lowest BCUT2D eigenvalue weighted by Crippen LogP contribution is -2.34. The first-order valence-corrected chi connectivity index (χ1v) is 8.85. The Kier molecular flexibility index (Phi) is 5.68. The fourth-order valence-corrected chi connectivity index (χ4v) is 2.95. The maximum atomic E-state index is 12.0. The second-order valence-corrected chi connectivity index (χ2v) is 6.40. The standard InChI is InChI=1S/C19H16N2O5S/c1-25-19(24)12-4-6-13(7-5-12)21-18(23)17(22)20-11-14-8-9-15(26-14)16-3-2-10-27-16/h2-10H,11H2,1H3,(H,20,22)(H,21,23). The highest BCUT2D eigenvalue weighted by Gasteiger charge is 2.15. The number of carbonyl (C=O) groups is 3. The topological polar surface area (TPSA) is 97.6 Å². The zero-order valence-corrected chi connectivity index (χ0v) is 15.2. The van der Waals surface area contributed by atoms with E-state index in [4.69, 9.17) is 4.42 Å². The number of furan rings is 1. The monoisotopic (exact) mass is 384 g/mol. The SMILES string of the molecule is COC(=O)c1ccc(NC(=O)C(=O)NCc2ccc(-c3cccs3)o2)cc1. The molecule has 2 N–H and O–H groups in total. The smallest absolute Gasteiger partial charge is 0.337 e. The van der Waals surface area contributed by atoms with Crippen LogP contribution in [-0.4, -0.2) is 24.9 Å². The van der Waals surface area contributed by atoms with E-state index in [1.807, 2.05) is 23.6 Å². The molecule has 3 rings (SSSR count). The number of esters is 1. The Morgan fingerprint density at radius 3 is 2.48 bits per heavy atom. The van der Waals surface area contributed by atoms with Gasteiger partial charge < -0.3 is 19.8 Å². The maximum Gasteiger partial charge on any atom is 0.337 e. The van der Waals surface area contributed by atoms with Gasteiger partial charge in [-0.1, -0.05) is 6.07 Å². The van der Waals surface area contributed by atoms with Crippen molar-refractivity contribution in [3.05, 3.63) is 65.2 Å². The van der Waals surface area contributed by atoms with E-state index in [-0.39, 0.29) is 6.54 Å². The number of amides is 2. The van der Waals surface area contributed by atoms with Gasteiger partial charge in [0.2, 0.25) is 0 Å². The van der Waals surface area contributed by atoms with Crippen LogP contribution in [0.1, 0.15) is 16.1 Å². The fraction of sp³-hybridized carbons (Fsp3) is 0.105.